The minimum Gasteiger partial charge on any atom is -0.490 e. The van der Waals surface area contributed by atoms with E-state index in [4.69, 9.17) is 27.9 Å². The van der Waals surface area contributed by atoms with E-state index in [1.54, 1.807) is 18.2 Å². The van der Waals surface area contributed by atoms with E-state index in [1.165, 1.54) is 0 Å². The lowest BCUT2D eigenvalue weighted by Crippen LogP contribution is -2.54. The Bertz CT molecular complexity index is 1140. The van der Waals surface area contributed by atoms with Crippen molar-refractivity contribution in [1.82, 2.24) is 5.32 Å². The van der Waals surface area contributed by atoms with Crippen molar-refractivity contribution in [2.75, 3.05) is 6.61 Å². The summed E-state index contributed by atoms with van der Waals surface area (Å²) in [4.78, 5) is 12.4. The fraction of sp³-hybridized carbons (Fsp3) is 0.107. The third-order valence-corrected chi connectivity index (χ3v) is 6.14. The number of nitrogens with one attached hydrogen (secondary N) is 1. The SMILES string of the molecule is O=C(O)C(COc1ccc(Cl)cc1Cl)NC(c1ccccc1)(c1ccccc1)c1ccccc1. The van der Waals surface area contributed by atoms with E-state index in [9.17, 15) is 9.90 Å². The number of carbonyl (C=O) groups is 1. The van der Waals surface area contributed by atoms with Crippen molar-refractivity contribution in [2.24, 2.45) is 0 Å². The van der Waals surface area contributed by atoms with Gasteiger partial charge in [0.05, 0.1) is 10.6 Å². The molecule has 0 aliphatic heterocycles. The fourth-order valence-electron chi connectivity index (χ4n) is 4.02. The van der Waals surface area contributed by atoms with Crippen molar-refractivity contribution >= 4 is 29.2 Å². The Hall–Kier alpha value is -3.31. The van der Waals surface area contributed by atoms with Crippen molar-refractivity contribution in [3.63, 3.8) is 0 Å². The van der Waals surface area contributed by atoms with Gasteiger partial charge in [-0.2, -0.15) is 0 Å². The minimum atomic E-state index is -1.06. The van der Waals surface area contributed by atoms with Crippen molar-refractivity contribution in [2.45, 2.75) is 11.6 Å². The smallest absolute Gasteiger partial charge is 0.324 e. The quantitative estimate of drug-likeness (QED) is 0.265. The topological polar surface area (TPSA) is 58.6 Å². The highest BCUT2D eigenvalue weighted by molar-refractivity contribution is 6.35. The van der Waals surface area contributed by atoms with Gasteiger partial charge in [0.1, 0.15) is 18.4 Å². The summed E-state index contributed by atoms with van der Waals surface area (Å²) >= 11 is 12.2. The standard InChI is InChI=1S/C28H23Cl2NO3/c29-23-16-17-26(24(30)18-23)34-19-25(27(32)33)31-28(20-10-4-1-5-11-20,21-12-6-2-7-13-21)22-14-8-3-9-15-22/h1-18,25,31H,19H2,(H,32,33). The first-order valence-corrected chi connectivity index (χ1v) is 11.5. The molecule has 4 aromatic carbocycles. The third kappa shape index (κ3) is 5.10. The normalized spacial score (nSPS) is 12.2. The van der Waals surface area contributed by atoms with Gasteiger partial charge in [-0.25, -0.2) is 0 Å². The molecule has 34 heavy (non-hydrogen) atoms. The molecule has 0 aliphatic rings. The fourth-order valence-corrected chi connectivity index (χ4v) is 4.48. The average Bonchev–Trinajstić information content (AvgIpc) is 2.87. The predicted octanol–water partition coefficient (Wildman–Crippen LogP) is 6.41. The maximum atomic E-state index is 12.4. The Kier molecular flexibility index (Phi) is 7.53. The lowest BCUT2D eigenvalue weighted by atomic mass is 9.76. The number of hydrogen-bond donors (Lipinski definition) is 2. The summed E-state index contributed by atoms with van der Waals surface area (Å²) in [6, 6.07) is 33.2. The predicted molar refractivity (Wildman–Crippen MR) is 136 cm³/mol. The van der Waals surface area contributed by atoms with Crippen LogP contribution in [0, 0.1) is 0 Å². The Morgan fingerprint density at radius 3 is 1.68 bits per heavy atom. The number of benzene rings is 4. The maximum absolute atomic E-state index is 12.4. The van der Waals surface area contributed by atoms with Gasteiger partial charge in [0.25, 0.3) is 0 Å². The highest BCUT2D eigenvalue weighted by atomic mass is 35.5. The first-order valence-electron chi connectivity index (χ1n) is 10.8. The van der Waals surface area contributed by atoms with Crippen LogP contribution in [0.15, 0.2) is 109 Å². The molecule has 4 rings (SSSR count). The number of carboxylic acid groups (broad SMARTS) is 1. The van der Waals surface area contributed by atoms with Crippen LogP contribution in [0.25, 0.3) is 0 Å². The van der Waals surface area contributed by atoms with Gasteiger partial charge in [-0.3, -0.25) is 10.1 Å². The van der Waals surface area contributed by atoms with E-state index >= 15 is 0 Å². The van der Waals surface area contributed by atoms with Crippen LogP contribution in [0.1, 0.15) is 16.7 Å². The summed E-state index contributed by atoms with van der Waals surface area (Å²) < 4.78 is 5.83. The second-order valence-electron chi connectivity index (χ2n) is 7.77. The van der Waals surface area contributed by atoms with E-state index in [0.29, 0.717) is 15.8 Å². The van der Waals surface area contributed by atoms with Crippen LogP contribution in [0.5, 0.6) is 5.75 Å². The summed E-state index contributed by atoms with van der Waals surface area (Å²) in [5.41, 5.74) is 1.77. The van der Waals surface area contributed by atoms with Crippen LogP contribution in [-0.4, -0.2) is 23.7 Å². The van der Waals surface area contributed by atoms with Crippen molar-refractivity contribution in [1.29, 1.82) is 0 Å². The monoisotopic (exact) mass is 491 g/mol. The number of ether oxygens (including phenoxy) is 1. The zero-order chi connectivity index (χ0) is 24.0. The number of hydrogen-bond acceptors (Lipinski definition) is 3. The van der Waals surface area contributed by atoms with Gasteiger partial charge in [-0.1, -0.05) is 114 Å². The zero-order valence-electron chi connectivity index (χ0n) is 18.2. The Morgan fingerprint density at radius 1 is 0.794 bits per heavy atom. The molecule has 4 nitrogen and oxygen atoms in total. The number of aliphatic carboxylic acids is 1. The molecular weight excluding hydrogens is 469 g/mol. The molecular formula is C28H23Cl2NO3. The second kappa shape index (κ2) is 10.7. The summed E-state index contributed by atoms with van der Waals surface area (Å²) in [7, 11) is 0. The summed E-state index contributed by atoms with van der Waals surface area (Å²) in [5, 5.41) is 14.4. The zero-order valence-corrected chi connectivity index (χ0v) is 19.7. The molecule has 1 unspecified atom stereocenters. The molecule has 0 aromatic heterocycles. The molecule has 0 spiro atoms. The van der Waals surface area contributed by atoms with E-state index in [2.05, 4.69) is 5.32 Å². The highest BCUT2D eigenvalue weighted by Crippen LogP contribution is 2.37. The summed E-state index contributed by atoms with van der Waals surface area (Å²) in [6.45, 7) is -0.148. The van der Waals surface area contributed by atoms with E-state index in [1.807, 2.05) is 91.0 Å². The average molecular weight is 492 g/mol. The van der Waals surface area contributed by atoms with Gasteiger partial charge in [0.15, 0.2) is 0 Å². The summed E-state index contributed by atoms with van der Waals surface area (Å²) in [6.07, 6.45) is 0. The molecule has 0 amide bonds. The molecule has 0 radical (unpaired) electrons. The van der Waals surface area contributed by atoms with Crippen molar-refractivity contribution in [3.8, 4) is 5.75 Å². The largest absolute Gasteiger partial charge is 0.490 e. The molecule has 2 N–H and O–H groups in total. The Morgan fingerprint density at radius 2 is 1.26 bits per heavy atom. The molecule has 0 saturated carbocycles. The number of halogens is 2. The van der Waals surface area contributed by atoms with Crippen molar-refractivity contribution < 1.29 is 14.6 Å². The van der Waals surface area contributed by atoms with Gasteiger partial charge in [0, 0.05) is 5.02 Å². The van der Waals surface area contributed by atoms with E-state index < -0.39 is 17.6 Å². The molecule has 6 heteroatoms. The van der Waals surface area contributed by atoms with Crippen molar-refractivity contribution in [3.05, 3.63) is 136 Å². The van der Waals surface area contributed by atoms with Crippen LogP contribution >= 0.6 is 23.2 Å². The number of rotatable bonds is 9. The molecule has 0 saturated heterocycles. The maximum Gasteiger partial charge on any atom is 0.324 e. The molecule has 1 atom stereocenters. The minimum absolute atomic E-state index is 0.148. The molecule has 0 bridgehead atoms. The van der Waals surface area contributed by atoms with Gasteiger partial charge < -0.3 is 9.84 Å². The van der Waals surface area contributed by atoms with Crippen LogP contribution in [-0.2, 0) is 10.3 Å². The van der Waals surface area contributed by atoms with Crippen LogP contribution in [0.4, 0.5) is 0 Å². The Labute approximate surface area is 208 Å². The van der Waals surface area contributed by atoms with Crippen LogP contribution in [0.3, 0.4) is 0 Å². The second-order valence-corrected chi connectivity index (χ2v) is 8.61. The van der Waals surface area contributed by atoms with Gasteiger partial charge >= 0.3 is 5.97 Å². The molecule has 4 aromatic rings. The number of carboxylic acids is 1. The first kappa shape index (κ1) is 23.8. The molecule has 0 aliphatic carbocycles. The van der Waals surface area contributed by atoms with E-state index in [0.717, 1.165) is 16.7 Å². The van der Waals surface area contributed by atoms with E-state index in [-0.39, 0.29) is 6.61 Å². The highest BCUT2D eigenvalue weighted by Gasteiger charge is 2.40. The lowest BCUT2D eigenvalue weighted by Gasteiger charge is -2.39. The lowest BCUT2D eigenvalue weighted by molar-refractivity contribution is -0.140. The van der Waals surface area contributed by atoms with Gasteiger partial charge in [-0.05, 0) is 34.9 Å². The molecule has 172 valence electrons. The van der Waals surface area contributed by atoms with Gasteiger partial charge in [-0.15, -0.1) is 0 Å². The summed E-state index contributed by atoms with van der Waals surface area (Å²) in [5.74, 6) is -0.680. The van der Waals surface area contributed by atoms with Crippen LogP contribution in [0.2, 0.25) is 10.0 Å². The Balaban J connectivity index is 1.79. The van der Waals surface area contributed by atoms with Gasteiger partial charge in [0.2, 0.25) is 0 Å². The van der Waals surface area contributed by atoms with Crippen LogP contribution < -0.4 is 10.1 Å². The first-order chi connectivity index (χ1) is 16.5. The molecule has 0 fully saturated rings. The third-order valence-electron chi connectivity index (χ3n) is 5.61. The molecule has 0 heterocycles.